The number of methoxy groups -OCH3 is 1. The van der Waals surface area contributed by atoms with Crippen molar-refractivity contribution in [3.8, 4) is 11.5 Å². The molecule has 2 aliphatic rings. The fourth-order valence-corrected chi connectivity index (χ4v) is 6.45. The molecule has 1 saturated carbocycles. The summed E-state index contributed by atoms with van der Waals surface area (Å²) in [5.41, 5.74) is -0.533. The molecule has 196 valence electrons. The van der Waals surface area contributed by atoms with Crippen molar-refractivity contribution >= 4 is 28.7 Å². The third-order valence-corrected chi connectivity index (χ3v) is 8.37. The van der Waals surface area contributed by atoms with Crippen LogP contribution in [-0.4, -0.2) is 49.8 Å². The Hall–Kier alpha value is -3.34. The Labute approximate surface area is 216 Å². The highest BCUT2D eigenvalue weighted by Gasteiger charge is 2.30. The Morgan fingerprint density at radius 2 is 1.78 bits per heavy atom. The average Bonchev–Trinajstić information content (AvgIpc) is 2.90. The van der Waals surface area contributed by atoms with Crippen molar-refractivity contribution in [1.82, 2.24) is 19.4 Å². The van der Waals surface area contributed by atoms with Crippen molar-refractivity contribution in [3.05, 3.63) is 62.7 Å². The van der Waals surface area contributed by atoms with Crippen LogP contribution in [0.5, 0.6) is 11.5 Å². The molecule has 2 fully saturated rings. The molecular formula is C26H29FN4O5S. The van der Waals surface area contributed by atoms with Crippen LogP contribution in [0.15, 0.2) is 40.1 Å². The normalized spacial score (nSPS) is 20.6. The molecule has 3 heterocycles. The van der Waals surface area contributed by atoms with E-state index < -0.39 is 23.0 Å². The van der Waals surface area contributed by atoms with Gasteiger partial charge in [0.15, 0.2) is 0 Å². The summed E-state index contributed by atoms with van der Waals surface area (Å²) in [6.45, 7) is 0. The minimum atomic E-state index is -0.617. The lowest BCUT2D eigenvalue weighted by Crippen LogP contribution is -2.46. The Balaban J connectivity index is 1.39. The van der Waals surface area contributed by atoms with Gasteiger partial charge in [0.25, 0.3) is 11.5 Å². The number of thioether (sulfide) groups is 1. The lowest BCUT2D eigenvalue weighted by Gasteiger charge is -2.31. The van der Waals surface area contributed by atoms with E-state index in [1.165, 1.54) is 29.9 Å². The molecule has 2 N–H and O–H groups in total. The predicted octanol–water partition coefficient (Wildman–Crippen LogP) is 3.39. The molecule has 1 aliphatic heterocycles. The van der Waals surface area contributed by atoms with Crippen molar-refractivity contribution in [2.24, 2.45) is 0 Å². The number of carbonyl (C=O) groups is 1. The highest BCUT2D eigenvalue weighted by molar-refractivity contribution is 7.99. The van der Waals surface area contributed by atoms with Crippen LogP contribution in [-0.2, 0) is 0 Å². The van der Waals surface area contributed by atoms with E-state index in [0.717, 1.165) is 30.5 Å². The smallest absolute Gasteiger partial charge is 0.333 e. The maximum absolute atomic E-state index is 14.1. The number of aromatic nitrogens is 3. The summed E-state index contributed by atoms with van der Waals surface area (Å²) in [6, 6.07) is 5.04. The summed E-state index contributed by atoms with van der Waals surface area (Å²) in [6.07, 6.45) is 4.74. The van der Waals surface area contributed by atoms with Crippen LogP contribution >= 0.6 is 11.8 Å². The number of phenolic OH excluding ortho intramolecular Hbond substituents is 1. The quantitative estimate of drug-likeness (QED) is 0.522. The molecule has 0 unspecified atom stereocenters. The van der Waals surface area contributed by atoms with Crippen molar-refractivity contribution in [3.63, 3.8) is 0 Å². The first-order valence-corrected chi connectivity index (χ1v) is 13.6. The van der Waals surface area contributed by atoms with Gasteiger partial charge in [-0.2, -0.15) is 11.8 Å². The molecular weight excluding hydrogens is 499 g/mol. The van der Waals surface area contributed by atoms with Crippen LogP contribution in [0.3, 0.4) is 0 Å². The second-order valence-corrected chi connectivity index (χ2v) is 10.8. The number of phenols is 1. The van der Waals surface area contributed by atoms with Gasteiger partial charge >= 0.3 is 5.69 Å². The van der Waals surface area contributed by atoms with Gasteiger partial charge in [0.2, 0.25) is 0 Å². The molecule has 37 heavy (non-hydrogen) atoms. The lowest BCUT2D eigenvalue weighted by atomic mass is 9.90. The second kappa shape index (κ2) is 10.6. The monoisotopic (exact) mass is 528 g/mol. The first-order chi connectivity index (χ1) is 17.9. The molecule has 0 bridgehead atoms. The predicted molar refractivity (Wildman–Crippen MR) is 139 cm³/mol. The Bertz CT molecular complexity index is 1440. The Kier molecular flexibility index (Phi) is 7.23. The minimum absolute atomic E-state index is 0.0890. The van der Waals surface area contributed by atoms with Gasteiger partial charge in [-0.25, -0.2) is 14.2 Å². The number of hydrogen-bond acceptors (Lipinski definition) is 7. The minimum Gasteiger partial charge on any atom is -0.507 e. The van der Waals surface area contributed by atoms with Crippen LogP contribution in [0, 0.1) is 5.82 Å². The summed E-state index contributed by atoms with van der Waals surface area (Å²) in [5, 5.41) is 13.2. The molecule has 1 aromatic carbocycles. The van der Waals surface area contributed by atoms with E-state index in [1.54, 1.807) is 10.6 Å². The molecule has 2 aromatic heterocycles. The summed E-state index contributed by atoms with van der Waals surface area (Å²) < 4.78 is 22.0. The summed E-state index contributed by atoms with van der Waals surface area (Å²) in [5.74, 6) is 1.08. The van der Waals surface area contributed by atoms with Gasteiger partial charge in [-0.1, -0.05) is 0 Å². The van der Waals surface area contributed by atoms with Gasteiger partial charge in [0.05, 0.1) is 24.3 Å². The van der Waals surface area contributed by atoms with Gasteiger partial charge < -0.3 is 15.2 Å². The first kappa shape index (κ1) is 25.3. The number of ether oxygens (including phenoxy) is 1. The number of nitrogens with zero attached hydrogens (tertiary/aromatic N) is 3. The lowest BCUT2D eigenvalue weighted by molar-refractivity contribution is 0.0919. The van der Waals surface area contributed by atoms with E-state index in [4.69, 9.17) is 4.74 Å². The first-order valence-electron chi connectivity index (χ1n) is 12.4. The molecule has 0 spiro atoms. The third kappa shape index (κ3) is 4.96. The second-order valence-electron chi connectivity index (χ2n) is 9.56. The van der Waals surface area contributed by atoms with Crippen LogP contribution in [0.25, 0.3) is 11.0 Å². The third-order valence-electron chi connectivity index (χ3n) is 7.33. The number of carbonyl (C=O) groups excluding carboxylic acids is 1. The molecule has 3 aromatic rings. The number of hydrogen-bond donors (Lipinski definition) is 2. The van der Waals surface area contributed by atoms with E-state index in [9.17, 15) is 23.9 Å². The van der Waals surface area contributed by atoms with E-state index in [0.29, 0.717) is 31.4 Å². The molecule has 9 nitrogen and oxygen atoms in total. The average molecular weight is 529 g/mol. The number of pyridine rings is 1. The van der Waals surface area contributed by atoms with Gasteiger partial charge in [0, 0.05) is 24.2 Å². The molecule has 0 atom stereocenters. The molecule has 1 aliphatic carbocycles. The SMILES string of the molecule is COc1ccc(C(=O)N[C@H]2CC[C@@H](n3c(=O)c4cc(F)cnc4n(C4CCSCC4)c3=O)CC2)c(O)c1. The zero-order chi connectivity index (χ0) is 26.1. The number of nitrogens with one attached hydrogen (secondary N) is 1. The van der Waals surface area contributed by atoms with Gasteiger partial charge in [-0.3, -0.25) is 18.7 Å². The molecule has 0 radical (unpaired) electrons. The molecule has 5 rings (SSSR count). The highest BCUT2D eigenvalue weighted by Crippen LogP contribution is 2.31. The van der Waals surface area contributed by atoms with Crippen LogP contribution in [0.1, 0.15) is 61.0 Å². The van der Waals surface area contributed by atoms with E-state index in [-0.39, 0.29) is 40.5 Å². The summed E-state index contributed by atoms with van der Waals surface area (Å²) in [7, 11) is 1.48. The Morgan fingerprint density at radius 1 is 1.08 bits per heavy atom. The summed E-state index contributed by atoms with van der Waals surface area (Å²) in [4.78, 5) is 44.0. The fourth-order valence-electron chi connectivity index (χ4n) is 5.37. The number of amides is 1. The molecule has 1 saturated heterocycles. The van der Waals surface area contributed by atoms with E-state index in [2.05, 4.69) is 10.3 Å². The van der Waals surface area contributed by atoms with Crippen molar-refractivity contribution in [2.75, 3.05) is 18.6 Å². The fraction of sp³-hybridized carbons (Fsp3) is 0.462. The largest absolute Gasteiger partial charge is 0.507 e. The maximum atomic E-state index is 14.1. The maximum Gasteiger partial charge on any atom is 0.333 e. The zero-order valence-electron chi connectivity index (χ0n) is 20.5. The van der Waals surface area contributed by atoms with E-state index in [1.807, 2.05) is 11.8 Å². The molecule has 1 amide bonds. The van der Waals surface area contributed by atoms with Crippen LogP contribution in [0.2, 0.25) is 0 Å². The number of benzene rings is 1. The van der Waals surface area contributed by atoms with Crippen LogP contribution < -0.4 is 21.3 Å². The zero-order valence-corrected chi connectivity index (χ0v) is 21.3. The number of rotatable bonds is 5. The highest BCUT2D eigenvalue weighted by atomic mass is 32.2. The molecule has 11 heteroatoms. The van der Waals surface area contributed by atoms with Gasteiger partial charge in [-0.05, 0) is 68.2 Å². The standard InChI is InChI=1S/C26H29FN4O5S/c1-36-19-6-7-20(22(32)13-19)24(33)29-16-2-4-17(5-3-16)31-25(34)21-12-15(27)14-28-23(21)30(26(31)35)18-8-10-37-11-9-18/h6-7,12-14,16-18,32H,2-5,8-11H2,1H3,(H,29,33)/t16-,17+. The van der Waals surface area contributed by atoms with Crippen LogP contribution in [0.4, 0.5) is 4.39 Å². The Morgan fingerprint density at radius 3 is 2.46 bits per heavy atom. The number of fused-ring (bicyclic) bond motifs is 1. The van der Waals surface area contributed by atoms with Gasteiger partial charge in [0.1, 0.15) is 23.0 Å². The van der Waals surface area contributed by atoms with Crippen molar-refractivity contribution in [2.45, 2.75) is 56.7 Å². The van der Waals surface area contributed by atoms with E-state index >= 15 is 0 Å². The van der Waals surface area contributed by atoms with Crippen molar-refractivity contribution < 1.29 is 19.0 Å². The summed E-state index contributed by atoms with van der Waals surface area (Å²) >= 11 is 1.83. The van der Waals surface area contributed by atoms with Gasteiger partial charge in [-0.15, -0.1) is 0 Å². The van der Waals surface area contributed by atoms with Crippen molar-refractivity contribution in [1.29, 1.82) is 0 Å². The topological polar surface area (TPSA) is 115 Å². The number of halogens is 1. The number of aromatic hydroxyl groups is 1.